The molecule has 0 aliphatic heterocycles. The van der Waals surface area contributed by atoms with Crippen molar-refractivity contribution in [3.63, 3.8) is 0 Å². The zero-order chi connectivity index (χ0) is 20.7. The second-order valence-corrected chi connectivity index (χ2v) is 8.56. The van der Waals surface area contributed by atoms with E-state index >= 15 is 0 Å². The lowest BCUT2D eigenvalue weighted by molar-refractivity contribution is -0.137. The van der Waals surface area contributed by atoms with E-state index in [2.05, 4.69) is 4.72 Å². The van der Waals surface area contributed by atoms with E-state index in [1.165, 1.54) is 4.90 Å². The molecule has 0 heterocycles. The Morgan fingerprint density at radius 2 is 1.57 bits per heavy atom. The summed E-state index contributed by atoms with van der Waals surface area (Å²) in [7, 11) is -3.30. The number of nitrogens with one attached hydrogen (secondary N) is 1. The lowest BCUT2D eigenvalue weighted by atomic mass is 10.1. The van der Waals surface area contributed by atoms with Gasteiger partial charge in [0, 0.05) is 18.7 Å². The van der Waals surface area contributed by atoms with Gasteiger partial charge in [-0.05, 0) is 37.1 Å². The summed E-state index contributed by atoms with van der Waals surface area (Å²) in [5, 5.41) is 9.16. The molecule has 2 aromatic carbocycles. The van der Waals surface area contributed by atoms with Crippen molar-refractivity contribution in [1.82, 2.24) is 9.62 Å². The van der Waals surface area contributed by atoms with Crippen LogP contribution in [0.15, 0.2) is 48.5 Å². The second kappa shape index (κ2) is 9.48. The highest BCUT2D eigenvalue weighted by Gasteiger charge is 2.19. The number of aryl methyl sites for hydroxylation is 1. The Bertz CT molecular complexity index is 922. The molecule has 150 valence electrons. The standard InChI is InChI=1S/C20H24N2O5S/c1-3-28(26,27)21-12-16-8-10-18(11-9-16)20(25)22(14-19(23)24)13-17-6-4-15(2)5-7-17/h4-11,21H,3,12-14H2,1-2H3,(H,23,24). The molecule has 2 rings (SSSR count). The van der Waals surface area contributed by atoms with Crippen LogP contribution in [0.5, 0.6) is 0 Å². The van der Waals surface area contributed by atoms with E-state index in [1.54, 1.807) is 31.2 Å². The van der Waals surface area contributed by atoms with Crippen LogP contribution < -0.4 is 4.72 Å². The molecule has 8 heteroatoms. The summed E-state index contributed by atoms with van der Waals surface area (Å²) in [6.45, 7) is 3.41. The fourth-order valence-electron chi connectivity index (χ4n) is 2.52. The highest BCUT2D eigenvalue weighted by Crippen LogP contribution is 2.13. The first kappa shape index (κ1) is 21.6. The van der Waals surface area contributed by atoms with Crippen molar-refractivity contribution in [2.75, 3.05) is 12.3 Å². The number of rotatable bonds is 9. The molecule has 0 bridgehead atoms. The van der Waals surface area contributed by atoms with Gasteiger partial charge in [-0.1, -0.05) is 42.0 Å². The third-order valence-electron chi connectivity index (χ3n) is 4.18. The normalized spacial score (nSPS) is 11.2. The number of carbonyl (C=O) groups excluding carboxylic acids is 1. The van der Waals surface area contributed by atoms with Gasteiger partial charge in [0.1, 0.15) is 6.54 Å². The van der Waals surface area contributed by atoms with Crippen molar-refractivity contribution in [2.45, 2.75) is 26.9 Å². The summed E-state index contributed by atoms with van der Waals surface area (Å²) in [5.41, 5.74) is 2.97. The van der Waals surface area contributed by atoms with E-state index in [9.17, 15) is 18.0 Å². The Hall–Kier alpha value is -2.71. The predicted octanol–water partition coefficient (Wildman–Crippen LogP) is 2.16. The van der Waals surface area contributed by atoms with Gasteiger partial charge in [0.05, 0.1) is 5.75 Å². The molecule has 0 fully saturated rings. The Morgan fingerprint density at radius 1 is 1.00 bits per heavy atom. The largest absolute Gasteiger partial charge is 0.480 e. The Balaban J connectivity index is 2.12. The second-order valence-electron chi connectivity index (χ2n) is 6.46. The fourth-order valence-corrected chi connectivity index (χ4v) is 3.11. The van der Waals surface area contributed by atoms with Gasteiger partial charge < -0.3 is 10.0 Å². The van der Waals surface area contributed by atoms with E-state index in [0.717, 1.165) is 11.1 Å². The Morgan fingerprint density at radius 3 is 2.11 bits per heavy atom. The summed E-state index contributed by atoms with van der Waals surface area (Å²) in [6, 6.07) is 14.0. The van der Waals surface area contributed by atoms with Crippen molar-refractivity contribution in [1.29, 1.82) is 0 Å². The topological polar surface area (TPSA) is 104 Å². The number of carbonyl (C=O) groups is 2. The van der Waals surface area contributed by atoms with Crippen LogP contribution in [-0.2, 0) is 27.9 Å². The van der Waals surface area contributed by atoms with Crippen molar-refractivity contribution < 1.29 is 23.1 Å². The molecule has 0 unspecified atom stereocenters. The molecule has 0 aromatic heterocycles. The monoisotopic (exact) mass is 404 g/mol. The molecule has 0 spiro atoms. The molecule has 7 nitrogen and oxygen atoms in total. The number of amides is 1. The van der Waals surface area contributed by atoms with Crippen LogP contribution in [0.1, 0.15) is 34.0 Å². The van der Waals surface area contributed by atoms with Crippen molar-refractivity contribution in [2.24, 2.45) is 0 Å². The molecule has 0 aliphatic carbocycles. The molecule has 0 radical (unpaired) electrons. The summed E-state index contributed by atoms with van der Waals surface area (Å²) >= 11 is 0. The average molecular weight is 404 g/mol. The van der Waals surface area contributed by atoms with Crippen LogP contribution in [0, 0.1) is 6.92 Å². The number of carboxylic acid groups (broad SMARTS) is 1. The number of hydrogen-bond donors (Lipinski definition) is 2. The van der Waals surface area contributed by atoms with E-state index in [-0.39, 0.29) is 18.8 Å². The number of hydrogen-bond acceptors (Lipinski definition) is 4. The number of carboxylic acids is 1. The molecule has 0 saturated heterocycles. The Labute approximate surface area is 165 Å². The van der Waals surface area contributed by atoms with Gasteiger partial charge in [-0.25, -0.2) is 13.1 Å². The highest BCUT2D eigenvalue weighted by atomic mass is 32.2. The predicted molar refractivity (Wildman–Crippen MR) is 106 cm³/mol. The lowest BCUT2D eigenvalue weighted by Gasteiger charge is -2.21. The Kier molecular flexibility index (Phi) is 7.31. The van der Waals surface area contributed by atoms with Gasteiger partial charge in [0.25, 0.3) is 5.91 Å². The molecule has 0 saturated carbocycles. The fraction of sp³-hybridized carbons (Fsp3) is 0.300. The first-order valence-corrected chi connectivity index (χ1v) is 10.5. The first-order valence-electron chi connectivity index (χ1n) is 8.83. The smallest absolute Gasteiger partial charge is 0.323 e. The third-order valence-corrected chi connectivity index (χ3v) is 5.53. The summed E-state index contributed by atoms with van der Waals surface area (Å²) in [4.78, 5) is 25.2. The molecule has 2 aromatic rings. The van der Waals surface area contributed by atoms with Crippen LogP contribution in [0.25, 0.3) is 0 Å². The van der Waals surface area contributed by atoms with E-state index in [4.69, 9.17) is 5.11 Å². The van der Waals surface area contributed by atoms with Crippen LogP contribution in [0.3, 0.4) is 0 Å². The minimum Gasteiger partial charge on any atom is -0.480 e. The van der Waals surface area contributed by atoms with Gasteiger partial charge in [0.2, 0.25) is 10.0 Å². The van der Waals surface area contributed by atoms with Gasteiger partial charge in [0.15, 0.2) is 0 Å². The minimum atomic E-state index is -3.30. The van der Waals surface area contributed by atoms with Gasteiger partial charge in [-0.2, -0.15) is 0 Å². The number of aliphatic carboxylic acids is 1. The first-order chi connectivity index (χ1) is 13.2. The van der Waals surface area contributed by atoms with Crippen LogP contribution in [-0.4, -0.2) is 42.6 Å². The quantitative estimate of drug-likeness (QED) is 0.667. The summed E-state index contributed by atoms with van der Waals surface area (Å²) in [6.07, 6.45) is 0. The van der Waals surface area contributed by atoms with Crippen LogP contribution >= 0.6 is 0 Å². The number of nitrogens with zero attached hydrogens (tertiary/aromatic N) is 1. The van der Waals surface area contributed by atoms with E-state index in [0.29, 0.717) is 11.1 Å². The lowest BCUT2D eigenvalue weighted by Crippen LogP contribution is -2.35. The maximum absolute atomic E-state index is 12.8. The average Bonchev–Trinajstić information content (AvgIpc) is 2.67. The number of sulfonamides is 1. The van der Waals surface area contributed by atoms with Crippen LogP contribution in [0.2, 0.25) is 0 Å². The van der Waals surface area contributed by atoms with Crippen LogP contribution in [0.4, 0.5) is 0 Å². The zero-order valence-electron chi connectivity index (χ0n) is 15.9. The maximum atomic E-state index is 12.8. The van der Waals surface area contributed by atoms with Crippen molar-refractivity contribution >= 4 is 21.9 Å². The molecule has 0 aliphatic rings. The SMILES string of the molecule is CCS(=O)(=O)NCc1ccc(C(=O)N(CC(=O)O)Cc2ccc(C)cc2)cc1. The number of benzene rings is 2. The molecule has 1 amide bonds. The molecular weight excluding hydrogens is 380 g/mol. The van der Waals surface area contributed by atoms with Gasteiger partial charge >= 0.3 is 5.97 Å². The molecular formula is C20H24N2O5S. The van der Waals surface area contributed by atoms with Gasteiger partial charge in [-0.3, -0.25) is 9.59 Å². The zero-order valence-corrected chi connectivity index (χ0v) is 16.7. The minimum absolute atomic E-state index is 0.00721. The van der Waals surface area contributed by atoms with E-state index in [1.807, 2.05) is 31.2 Å². The third kappa shape index (κ3) is 6.47. The summed E-state index contributed by atoms with van der Waals surface area (Å²) in [5.74, 6) is -1.50. The molecule has 0 atom stereocenters. The van der Waals surface area contributed by atoms with Crippen molar-refractivity contribution in [3.8, 4) is 0 Å². The highest BCUT2D eigenvalue weighted by molar-refractivity contribution is 7.89. The molecule has 28 heavy (non-hydrogen) atoms. The van der Waals surface area contributed by atoms with Crippen molar-refractivity contribution in [3.05, 3.63) is 70.8 Å². The van der Waals surface area contributed by atoms with Gasteiger partial charge in [-0.15, -0.1) is 0 Å². The molecule has 2 N–H and O–H groups in total. The maximum Gasteiger partial charge on any atom is 0.323 e. The summed E-state index contributed by atoms with van der Waals surface area (Å²) < 4.78 is 25.5. The van der Waals surface area contributed by atoms with E-state index < -0.39 is 28.4 Å².